The molecule has 0 amide bonds. The summed E-state index contributed by atoms with van der Waals surface area (Å²) in [6.45, 7) is -1.21. The van der Waals surface area contributed by atoms with E-state index < -0.39 is 25.4 Å². The van der Waals surface area contributed by atoms with Crippen molar-refractivity contribution in [2.45, 2.75) is 5.54 Å². The van der Waals surface area contributed by atoms with Gasteiger partial charge in [0.1, 0.15) is 0 Å². The molecule has 0 bridgehead atoms. The van der Waals surface area contributed by atoms with Crippen LogP contribution in [0.15, 0.2) is 0 Å². The van der Waals surface area contributed by atoms with Crippen molar-refractivity contribution in [2.24, 2.45) is 5.73 Å². The number of aliphatic hydroxyl groups is 3. The van der Waals surface area contributed by atoms with Crippen molar-refractivity contribution in [3.8, 4) is 0 Å². The molecule has 5 N–H and O–H groups in total. The first-order chi connectivity index (χ1) is 3.68. The Bertz CT molecular complexity index is 58.6. The van der Waals surface area contributed by atoms with Crippen LogP contribution >= 0.6 is 0 Å². The summed E-state index contributed by atoms with van der Waals surface area (Å²) < 4.78 is 0. The second-order valence-electron chi connectivity index (χ2n) is 1.84. The zero-order valence-electron chi connectivity index (χ0n) is 4.95. The van der Waals surface area contributed by atoms with E-state index in [0.717, 1.165) is 0 Å². The van der Waals surface area contributed by atoms with Gasteiger partial charge in [-0.15, -0.1) is 0 Å². The van der Waals surface area contributed by atoms with Crippen LogP contribution in [0.4, 0.5) is 0 Å². The Morgan fingerprint density at radius 2 is 1.22 bits per heavy atom. The van der Waals surface area contributed by atoms with Crippen molar-refractivity contribution < 1.29 is 32.7 Å². The van der Waals surface area contributed by atoms with Gasteiger partial charge in [-0.2, -0.15) is 0 Å². The van der Waals surface area contributed by atoms with E-state index >= 15 is 0 Å². The SMILES string of the molecule is NC(CO)(CO)CO.[Cr]. The Kier molecular flexibility index (Phi) is 6.96. The molecule has 9 heavy (non-hydrogen) atoms. The summed E-state index contributed by atoms with van der Waals surface area (Å²) in [6, 6.07) is 0. The molecule has 0 aromatic rings. The second kappa shape index (κ2) is 5.18. The van der Waals surface area contributed by atoms with E-state index in [1.54, 1.807) is 0 Å². The Labute approximate surface area is 64.4 Å². The van der Waals surface area contributed by atoms with Crippen molar-refractivity contribution in [1.82, 2.24) is 0 Å². The first-order valence-corrected chi connectivity index (χ1v) is 2.30. The summed E-state index contributed by atoms with van der Waals surface area (Å²) in [5, 5.41) is 25.0. The first kappa shape index (κ1) is 12.1. The molecule has 0 aliphatic rings. The van der Waals surface area contributed by atoms with Crippen molar-refractivity contribution in [2.75, 3.05) is 19.8 Å². The van der Waals surface area contributed by atoms with Gasteiger partial charge in [0.2, 0.25) is 0 Å². The fraction of sp³-hybridized carbons (Fsp3) is 1.00. The third kappa shape index (κ3) is 3.87. The maximum atomic E-state index is 8.34. The minimum absolute atomic E-state index is 0. The molecule has 56 valence electrons. The van der Waals surface area contributed by atoms with Gasteiger partial charge >= 0.3 is 0 Å². The average molecular weight is 173 g/mol. The van der Waals surface area contributed by atoms with E-state index in [2.05, 4.69) is 0 Å². The Balaban J connectivity index is 0. The quantitative estimate of drug-likeness (QED) is 0.385. The molecule has 0 radical (unpaired) electrons. The minimum Gasteiger partial charge on any atom is -0.394 e. The number of nitrogens with two attached hydrogens (primary N) is 1. The van der Waals surface area contributed by atoms with Gasteiger partial charge in [-0.1, -0.05) is 0 Å². The van der Waals surface area contributed by atoms with Gasteiger partial charge in [0, 0.05) is 17.4 Å². The molecule has 0 aliphatic heterocycles. The van der Waals surface area contributed by atoms with Crippen LogP contribution in [-0.2, 0) is 17.4 Å². The van der Waals surface area contributed by atoms with E-state index in [-0.39, 0.29) is 17.4 Å². The van der Waals surface area contributed by atoms with Gasteiger partial charge in [-0.05, 0) is 0 Å². The smallest absolute Gasteiger partial charge is 0.0856 e. The van der Waals surface area contributed by atoms with E-state index in [9.17, 15) is 0 Å². The zero-order valence-corrected chi connectivity index (χ0v) is 6.22. The molecule has 0 atom stereocenters. The third-order valence-electron chi connectivity index (χ3n) is 0.945. The van der Waals surface area contributed by atoms with Crippen LogP contribution in [0.1, 0.15) is 0 Å². The summed E-state index contributed by atoms with van der Waals surface area (Å²) in [5.41, 5.74) is 3.94. The molecular formula is C4H11CrNO3. The fourth-order valence-electron chi connectivity index (χ4n) is 0.150. The Morgan fingerprint density at radius 1 is 1.00 bits per heavy atom. The molecule has 0 saturated carbocycles. The number of rotatable bonds is 3. The van der Waals surface area contributed by atoms with Gasteiger partial charge < -0.3 is 21.1 Å². The topological polar surface area (TPSA) is 86.7 Å². The molecule has 0 aromatic heterocycles. The van der Waals surface area contributed by atoms with Crippen LogP contribution in [0.5, 0.6) is 0 Å². The van der Waals surface area contributed by atoms with E-state index in [1.165, 1.54) is 0 Å². The average Bonchev–Trinajstić information content (AvgIpc) is 1.87. The number of hydrogen-bond acceptors (Lipinski definition) is 4. The summed E-state index contributed by atoms with van der Waals surface area (Å²) >= 11 is 0. The maximum Gasteiger partial charge on any atom is 0.0856 e. The molecule has 0 heterocycles. The summed E-state index contributed by atoms with van der Waals surface area (Å²) in [4.78, 5) is 0. The van der Waals surface area contributed by atoms with Gasteiger partial charge in [0.25, 0.3) is 0 Å². The molecular weight excluding hydrogens is 162 g/mol. The Hall–Kier alpha value is 0.372. The van der Waals surface area contributed by atoms with E-state index in [4.69, 9.17) is 21.1 Å². The van der Waals surface area contributed by atoms with Crippen LogP contribution in [0.25, 0.3) is 0 Å². The first-order valence-electron chi connectivity index (χ1n) is 2.30. The van der Waals surface area contributed by atoms with Crippen molar-refractivity contribution >= 4 is 0 Å². The molecule has 0 unspecified atom stereocenters. The predicted molar refractivity (Wildman–Crippen MR) is 28.2 cm³/mol. The number of hydrogen-bond donors (Lipinski definition) is 4. The molecule has 0 aromatic carbocycles. The number of aliphatic hydroxyl groups excluding tert-OH is 3. The van der Waals surface area contributed by atoms with Crippen LogP contribution in [0.3, 0.4) is 0 Å². The molecule has 0 spiro atoms. The summed E-state index contributed by atoms with van der Waals surface area (Å²) in [7, 11) is 0. The van der Waals surface area contributed by atoms with Crippen LogP contribution in [0.2, 0.25) is 0 Å². The molecule has 0 saturated heterocycles. The standard InChI is InChI=1S/C4H11NO3.Cr/c5-4(1-6,2-7)3-8;/h6-8H,1-3,5H2;. The van der Waals surface area contributed by atoms with Crippen LogP contribution in [0, 0.1) is 0 Å². The largest absolute Gasteiger partial charge is 0.394 e. The maximum absolute atomic E-state index is 8.34. The van der Waals surface area contributed by atoms with Gasteiger partial charge in [0.15, 0.2) is 0 Å². The molecule has 0 aliphatic carbocycles. The van der Waals surface area contributed by atoms with Crippen molar-refractivity contribution in [3.63, 3.8) is 0 Å². The van der Waals surface area contributed by atoms with Crippen LogP contribution in [-0.4, -0.2) is 40.7 Å². The minimum atomic E-state index is -1.21. The van der Waals surface area contributed by atoms with Crippen molar-refractivity contribution in [1.29, 1.82) is 0 Å². The molecule has 0 fully saturated rings. The molecule has 5 heteroatoms. The zero-order chi connectivity index (χ0) is 6.62. The van der Waals surface area contributed by atoms with Crippen molar-refractivity contribution in [3.05, 3.63) is 0 Å². The van der Waals surface area contributed by atoms with Gasteiger partial charge in [-0.25, -0.2) is 0 Å². The van der Waals surface area contributed by atoms with Gasteiger partial charge in [-0.3, -0.25) is 0 Å². The normalized spacial score (nSPS) is 10.7. The summed E-state index contributed by atoms with van der Waals surface area (Å²) in [5.74, 6) is 0. The monoisotopic (exact) mass is 173 g/mol. The van der Waals surface area contributed by atoms with Crippen LogP contribution < -0.4 is 5.73 Å². The molecule has 0 rings (SSSR count). The Morgan fingerprint density at radius 3 is 1.22 bits per heavy atom. The second-order valence-corrected chi connectivity index (χ2v) is 1.84. The van der Waals surface area contributed by atoms with E-state index in [0.29, 0.717) is 0 Å². The fourth-order valence-corrected chi connectivity index (χ4v) is 0.150. The van der Waals surface area contributed by atoms with Gasteiger partial charge in [0.05, 0.1) is 25.4 Å². The third-order valence-corrected chi connectivity index (χ3v) is 0.945. The molecule has 4 nitrogen and oxygen atoms in total. The summed E-state index contributed by atoms with van der Waals surface area (Å²) in [6.07, 6.45) is 0. The predicted octanol–water partition coefficient (Wildman–Crippen LogP) is -2.34. The van der Waals surface area contributed by atoms with E-state index in [1.807, 2.05) is 0 Å².